The van der Waals surface area contributed by atoms with Crippen molar-refractivity contribution in [3.8, 4) is 0 Å². The number of nitrogens with zero attached hydrogens (tertiary/aromatic N) is 1. The van der Waals surface area contributed by atoms with Gasteiger partial charge < -0.3 is 5.11 Å². The number of carboxylic acid groups (broad SMARTS) is 1. The number of nitrogens with one attached hydrogen (secondary N) is 1. The van der Waals surface area contributed by atoms with Gasteiger partial charge in [0.05, 0.1) is 5.51 Å². The van der Waals surface area contributed by atoms with E-state index in [2.05, 4.69) is 25.6 Å². The van der Waals surface area contributed by atoms with E-state index in [1.165, 1.54) is 5.51 Å². The fourth-order valence-electron chi connectivity index (χ4n) is 1.43. The summed E-state index contributed by atoms with van der Waals surface area (Å²) in [5.74, 6) is -1.38. The molecule has 0 bridgehead atoms. The molecule has 0 aliphatic heterocycles. The summed E-state index contributed by atoms with van der Waals surface area (Å²) in [5, 5.41) is 8.91. The first kappa shape index (κ1) is 14.9. The number of aromatic carboxylic acids is 1. The van der Waals surface area contributed by atoms with E-state index in [4.69, 9.17) is 5.11 Å². The number of halogens is 1. The number of hydrogen-bond acceptors (Lipinski definition) is 5. The van der Waals surface area contributed by atoms with Gasteiger partial charge in [-0.15, -0.1) is 11.3 Å². The monoisotopic (exact) mass is 376 g/mol. The minimum atomic E-state index is -3.97. The highest BCUT2D eigenvalue weighted by molar-refractivity contribution is 9.10. The molecule has 0 amide bonds. The number of anilines is 1. The first-order valence-corrected chi connectivity index (χ1v) is 8.42. The van der Waals surface area contributed by atoms with Crippen LogP contribution in [-0.4, -0.2) is 24.5 Å². The maximum atomic E-state index is 12.2. The standard InChI is InChI=1S/C11H9BrN2O4S2/c1-6-2-3-7(4-8(6)12)14-20(17,18)11-9(10(15)16)13-5-19-11/h2-5,14H,1H3,(H,15,16). The molecule has 2 rings (SSSR count). The molecule has 20 heavy (non-hydrogen) atoms. The third-order valence-corrected chi connectivity index (χ3v) is 6.01. The van der Waals surface area contributed by atoms with Gasteiger partial charge in [-0.05, 0) is 24.6 Å². The fraction of sp³-hybridized carbons (Fsp3) is 0.0909. The SMILES string of the molecule is Cc1ccc(NS(=O)(=O)c2scnc2C(=O)O)cc1Br. The number of thiazole rings is 1. The van der Waals surface area contributed by atoms with Gasteiger partial charge in [0.1, 0.15) is 0 Å². The Bertz CT molecular complexity index is 770. The molecule has 0 atom stereocenters. The molecule has 106 valence electrons. The summed E-state index contributed by atoms with van der Waals surface area (Å²) in [6, 6.07) is 4.94. The topological polar surface area (TPSA) is 96.4 Å². The van der Waals surface area contributed by atoms with Crippen LogP contribution in [-0.2, 0) is 10.0 Å². The van der Waals surface area contributed by atoms with Crippen molar-refractivity contribution >= 4 is 48.9 Å². The summed E-state index contributed by atoms with van der Waals surface area (Å²) in [6.07, 6.45) is 0. The summed E-state index contributed by atoms with van der Waals surface area (Å²) in [5.41, 5.74) is 2.00. The lowest BCUT2D eigenvalue weighted by Gasteiger charge is -2.08. The van der Waals surface area contributed by atoms with Gasteiger partial charge in [-0.1, -0.05) is 22.0 Å². The van der Waals surface area contributed by atoms with E-state index in [0.717, 1.165) is 21.4 Å². The molecule has 6 nitrogen and oxygen atoms in total. The molecular weight excluding hydrogens is 368 g/mol. The second-order valence-electron chi connectivity index (χ2n) is 3.86. The van der Waals surface area contributed by atoms with Crippen LogP contribution in [0.15, 0.2) is 32.4 Å². The van der Waals surface area contributed by atoms with Crippen LogP contribution in [0.2, 0.25) is 0 Å². The van der Waals surface area contributed by atoms with Crippen molar-refractivity contribution in [2.45, 2.75) is 11.1 Å². The third-order valence-electron chi connectivity index (χ3n) is 2.41. The van der Waals surface area contributed by atoms with Crippen molar-refractivity contribution < 1.29 is 18.3 Å². The Balaban J connectivity index is 2.38. The van der Waals surface area contributed by atoms with Gasteiger partial charge in [0.2, 0.25) is 0 Å². The zero-order chi connectivity index (χ0) is 14.9. The first-order chi connectivity index (χ1) is 9.31. The number of carboxylic acids is 1. The zero-order valence-electron chi connectivity index (χ0n) is 10.1. The first-order valence-electron chi connectivity index (χ1n) is 5.27. The van der Waals surface area contributed by atoms with Gasteiger partial charge in [0, 0.05) is 10.2 Å². The van der Waals surface area contributed by atoms with Gasteiger partial charge in [0.25, 0.3) is 10.0 Å². The van der Waals surface area contributed by atoms with Crippen LogP contribution in [0.5, 0.6) is 0 Å². The predicted octanol–water partition coefficient (Wildman–Crippen LogP) is 2.71. The van der Waals surface area contributed by atoms with Crippen LogP contribution in [0.3, 0.4) is 0 Å². The van der Waals surface area contributed by atoms with Crippen molar-refractivity contribution in [2.75, 3.05) is 4.72 Å². The van der Waals surface area contributed by atoms with Crippen LogP contribution in [0.1, 0.15) is 16.1 Å². The number of rotatable bonds is 4. The molecule has 1 aromatic carbocycles. The van der Waals surface area contributed by atoms with Crippen LogP contribution in [0.4, 0.5) is 5.69 Å². The zero-order valence-corrected chi connectivity index (χ0v) is 13.3. The number of aryl methyl sites for hydroxylation is 1. The lowest BCUT2D eigenvalue weighted by molar-refractivity contribution is 0.0687. The molecule has 0 unspecified atom stereocenters. The smallest absolute Gasteiger partial charge is 0.356 e. The van der Waals surface area contributed by atoms with Crippen molar-refractivity contribution in [1.29, 1.82) is 0 Å². The molecule has 9 heteroatoms. The van der Waals surface area contributed by atoms with E-state index in [1.54, 1.807) is 18.2 Å². The average molecular weight is 377 g/mol. The Hall–Kier alpha value is -1.45. The highest BCUT2D eigenvalue weighted by Crippen LogP contribution is 2.26. The summed E-state index contributed by atoms with van der Waals surface area (Å²) in [7, 11) is -3.97. The average Bonchev–Trinajstić information content (AvgIpc) is 2.83. The van der Waals surface area contributed by atoms with Crippen LogP contribution in [0.25, 0.3) is 0 Å². The molecule has 1 aromatic heterocycles. The number of benzene rings is 1. The molecule has 0 saturated carbocycles. The minimum Gasteiger partial charge on any atom is -0.476 e. The van der Waals surface area contributed by atoms with Gasteiger partial charge in [-0.2, -0.15) is 0 Å². The second-order valence-corrected chi connectivity index (χ2v) is 7.45. The van der Waals surface area contributed by atoms with Crippen LogP contribution in [0, 0.1) is 6.92 Å². The van der Waals surface area contributed by atoms with Gasteiger partial charge >= 0.3 is 5.97 Å². The molecule has 0 saturated heterocycles. The normalized spacial score (nSPS) is 11.3. The van der Waals surface area contributed by atoms with E-state index in [-0.39, 0.29) is 4.21 Å². The van der Waals surface area contributed by atoms with E-state index in [1.807, 2.05) is 6.92 Å². The molecule has 0 radical (unpaired) electrons. The predicted molar refractivity (Wildman–Crippen MR) is 78.8 cm³/mol. The van der Waals surface area contributed by atoms with Crippen molar-refractivity contribution in [2.24, 2.45) is 0 Å². The maximum Gasteiger partial charge on any atom is 0.356 e. The van der Waals surface area contributed by atoms with Crippen molar-refractivity contribution in [1.82, 2.24) is 4.98 Å². The quantitative estimate of drug-likeness (QED) is 0.854. The Labute approximate surface area is 127 Å². The number of aromatic nitrogens is 1. The van der Waals surface area contributed by atoms with E-state index in [0.29, 0.717) is 5.69 Å². The molecule has 2 N–H and O–H groups in total. The highest BCUT2D eigenvalue weighted by atomic mass is 79.9. The van der Waals surface area contributed by atoms with Crippen molar-refractivity contribution in [3.63, 3.8) is 0 Å². The van der Waals surface area contributed by atoms with Crippen molar-refractivity contribution in [3.05, 3.63) is 39.4 Å². The molecule has 1 heterocycles. The molecule has 0 fully saturated rings. The molecule has 0 aliphatic carbocycles. The lowest BCUT2D eigenvalue weighted by atomic mass is 10.2. The fourth-order valence-corrected chi connectivity index (χ4v) is 4.00. The van der Waals surface area contributed by atoms with Crippen LogP contribution < -0.4 is 4.72 Å². The molecular formula is C11H9BrN2O4S2. The minimum absolute atomic E-state index is 0.318. The van der Waals surface area contributed by atoms with Crippen LogP contribution >= 0.6 is 27.3 Å². The number of hydrogen-bond donors (Lipinski definition) is 2. The summed E-state index contributed by atoms with van der Waals surface area (Å²) < 4.78 is 27.1. The third kappa shape index (κ3) is 3.00. The Morgan fingerprint density at radius 1 is 1.45 bits per heavy atom. The van der Waals surface area contributed by atoms with E-state index >= 15 is 0 Å². The van der Waals surface area contributed by atoms with E-state index < -0.39 is 21.7 Å². The van der Waals surface area contributed by atoms with Gasteiger partial charge in [0.15, 0.2) is 9.90 Å². The number of sulfonamides is 1. The lowest BCUT2D eigenvalue weighted by Crippen LogP contribution is -2.15. The highest BCUT2D eigenvalue weighted by Gasteiger charge is 2.25. The Kier molecular flexibility index (Phi) is 4.11. The summed E-state index contributed by atoms with van der Waals surface area (Å²) in [4.78, 5) is 14.5. The largest absolute Gasteiger partial charge is 0.476 e. The Morgan fingerprint density at radius 2 is 2.15 bits per heavy atom. The second kappa shape index (κ2) is 5.51. The summed E-state index contributed by atoms with van der Waals surface area (Å²) >= 11 is 4.06. The maximum absolute atomic E-state index is 12.2. The summed E-state index contributed by atoms with van der Waals surface area (Å²) in [6.45, 7) is 1.87. The number of carbonyl (C=O) groups is 1. The van der Waals surface area contributed by atoms with Gasteiger partial charge in [-0.3, -0.25) is 4.72 Å². The van der Waals surface area contributed by atoms with E-state index in [9.17, 15) is 13.2 Å². The molecule has 2 aromatic rings. The van der Waals surface area contributed by atoms with Gasteiger partial charge in [-0.25, -0.2) is 18.2 Å². The Morgan fingerprint density at radius 3 is 2.75 bits per heavy atom. The molecule has 0 spiro atoms. The molecule has 0 aliphatic rings.